The topological polar surface area (TPSA) is 61.4 Å². The molecule has 0 saturated carbocycles. The molecule has 1 aromatic heterocycles. The SMILES string of the molecule is CCN(CC)C(=O)c1ccnc(Nc2ccc(N3CCCC3)cc2)n1. The number of amides is 1. The standard InChI is InChI=1S/C19H25N5O/c1-3-23(4-2)18(25)17-11-12-20-19(22-17)21-15-7-9-16(10-8-15)24-13-5-6-14-24/h7-12H,3-6,13-14H2,1-2H3,(H,20,21,22). The van der Waals surface area contributed by atoms with E-state index in [1.807, 2.05) is 26.0 Å². The normalized spacial score (nSPS) is 13.8. The average Bonchev–Trinajstić information content (AvgIpc) is 3.18. The number of carbonyl (C=O) groups excluding carboxylic acids is 1. The molecule has 6 nitrogen and oxygen atoms in total. The third-order valence-corrected chi connectivity index (χ3v) is 4.52. The molecule has 1 saturated heterocycles. The summed E-state index contributed by atoms with van der Waals surface area (Å²) in [6.07, 6.45) is 4.15. The lowest BCUT2D eigenvalue weighted by Crippen LogP contribution is -2.31. The molecule has 6 heteroatoms. The van der Waals surface area contributed by atoms with E-state index >= 15 is 0 Å². The van der Waals surface area contributed by atoms with Crippen molar-refractivity contribution in [1.29, 1.82) is 0 Å². The number of rotatable bonds is 6. The van der Waals surface area contributed by atoms with E-state index in [4.69, 9.17) is 0 Å². The van der Waals surface area contributed by atoms with Crippen LogP contribution in [0.5, 0.6) is 0 Å². The molecule has 3 rings (SSSR count). The quantitative estimate of drug-likeness (QED) is 0.875. The highest BCUT2D eigenvalue weighted by molar-refractivity contribution is 5.92. The highest BCUT2D eigenvalue weighted by Crippen LogP contribution is 2.23. The van der Waals surface area contributed by atoms with Crippen molar-refractivity contribution in [2.24, 2.45) is 0 Å². The number of nitrogens with zero attached hydrogens (tertiary/aromatic N) is 4. The van der Waals surface area contributed by atoms with Gasteiger partial charge in [0, 0.05) is 43.8 Å². The molecule has 0 spiro atoms. The third-order valence-electron chi connectivity index (χ3n) is 4.52. The van der Waals surface area contributed by atoms with Crippen LogP contribution in [0.15, 0.2) is 36.5 Å². The largest absolute Gasteiger partial charge is 0.372 e. The van der Waals surface area contributed by atoms with Gasteiger partial charge in [0.25, 0.3) is 5.91 Å². The van der Waals surface area contributed by atoms with Crippen LogP contribution >= 0.6 is 0 Å². The van der Waals surface area contributed by atoms with E-state index in [0.717, 1.165) is 18.8 Å². The van der Waals surface area contributed by atoms with E-state index < -0.39 is 0 Å². The van der Waals surface area contributed by atoms with Crippen LogP contribution in [0, 0.1) is 0 Å². The summed E-state index contributed by atoms with van der Waals surface area (Å²) in [5.41, 5.74) is 2.57. The number of aromatic nitrogens is 2. The lowest BCUT2D eigenvalue weighted by molar-refractivity contribution is 0.0767. The fourth-order valence-corrected chi connectivity index (χ4v) is 3.07. The molecule has 1 amide bonds. The van der Waals surface area contributed by atoms with Gasteiger partial charge in [-0.3, -0.25) is 4.79 Å². The summed E-state index contributed by atoms with van der Waals surface area (Å²) in [6.45, 7) is 7.52. The van der Waals surface area contributed by atoms with Crippen LogP contribution in [0.1, 0.15) is 37.2 Å². The Kier molecular flexibility index (Phi) is 5.48. The molecular formula is C19H25N5O. The van der Waals surface area contributed by atoms with Crippen LogP contribution in [-0.2, 0) is 0 Å². The van der Waals surface area contributed by atoms with Gasteiger partial charge in [0.2, 0.25) is 5.95 Å². The summed E-state index contributed by atoms with van der Waals surface area (Å²) in [4.78, 5) is 25.1. The van der Waals surface area contributed by atoms with E-state index in [1.54, 1.807) is 17.2 Å². The maximum absolute atomic E-state index is 12.4. The Bertz CT molecular complexity index is 706. The Hall–Kier alpha value is -2.63. The summed E-state index contributed by atoms with van der Waals surface area (Å²) in [7, 11) is 0. The van der Waals surface area contributed by atoms with Gasteiger partial charge < -0.3 is 15.1 Å². The summed E-state index contributed by atoms with van der Waals surface area (Å²) in [6, 6.07) is 9.92. The van der Waals surface area contributed by atoms with E-state index in [-0.39, 0.29) is 5.91 Å². The summed E-state index contributed by atoms with van der Waals surface area (Å²) >= 11 is 0. The first-order chi connectivity index (χ1) is 12.2. The second kappa shape index (κ2) is 7.96. The van der Waals surface area contributed by atoms with Gasteiger partial charge in [-0.25, -0.2) is 9.97 Å². The number of hydrogen-bond acceptors (Lipinski definition) is 5. The molecule has 132 valence electrons. The molecule has 2 aromatic rings. The summed E-state index contributed by atoms with van der Waals surface area (Å²) in [5.74, 6) is 0.367. The molecular weight excluding hydrogens is 314 g/mol. The van der Waals surface area contributed by atoms with E-state index in [2.05, 4.69) is 32.3 Å². The average molecular weight is 339 g/mol. The van der Waals surface area contributed by atoms with Gasteiger partial charge >= 0.3 is 0 Å². The molecule has 1 fully saturated rings. The minimum absolute atomic E-state index is 0.0696. The fraction of sp³-hybridized carbons (Fsp3) is 0.421. The Labute approximate surface area is 148 Å². The van der Waals surface area contributed by atoms with Gasteiger partial charge in [-0.2, -0.15) is 0 Å². The fourth-order valence-electron chi connectivity index (χ4n) is 3.07. The Balaban J connectivity index is 1.70. The van der Waals surface area contributed by atoms with Crippen molar-refractivity contribution in [3.63, 3.8) is 0 Å². The van der Waals surface area contributed by atoms with Crippen molar-refractivity contribution in [1.82, 2.24) is 14.9 Å². The lowest BCUT2D eigenvalue weighted by atomic mass is 10.2. The molecule has 1 aliphatic rings. The molecule has 1 aliphatic heterocycles. The van der Waals surface area contributed by atoms with E-state index in [9.17, 15) is 4.79 Å². The predicted octanol–water partition coefficient (Wildman–Crippen LogP) is 3.30. The summed E-state index contributed by atoms with van der Waals surface area (Å²) in [5, 5.41) is 3.18. The van der Waals surface area contributed by atoms with Gasteiger partial charge in [0.05, 0.1) is 0 Å². The monoisotopic (exact) mass is 339 g/mol. The van der Waals surface area contributed by atoms with Crippen LogP contribution in [0.4, 0.5) is 17.3 Å². The molecule has 0 unspecified atom stereocenters. The minimum Gasteiger partial charge on any atom is -0.372 e. The third kappa shape index (κ3) is 4.07. The molecule has 0 aliphatic carbocycles. The Morgan fingerprint density at radius 2 is 1.80 bits per heavy atom. The van der Waals surface area contributed by atoms with Gasteiger partial charge in [0.1, 0.15) is 5.69 Å². The summed E-state index contributed by atoms with van der Waals surface area (Å²) < 4.78 is 0. The van der Waals surface area contributed by atoms with Crippen molar-refractivity contribution in [3.05, 3.63) is 42.2 Å². The van der Waals surface area contributed by atoms with Gasteiger partial charge in [-0.05, 0) is 57.0 Å². The number of nitrogens with one attached hydrogen (secondary N) is 1. The van der Waals surface area contributed by atoms with Crippen molar-refractivity contribution < 1.29 is 4.79 Å². The second-order valence-corrected chi connectivity index (χ2v) is 6.11. The maximum Gasteiger partial charge on any atom is 0.272 e. The molecule has 1 aromatic carbocycles. The van der Waals surface area contributed by atoms with Crippen LogP contribution in [0.3, 0.4) is 0 Å². The molecule has 2 heterocycles. The van der Waals surface area contributed by atoms with Crippen LogP contribution in [0.2, 0.25) is 0 Å². The van der Waals surface area contributed by atoms with E-state index in [0.29, 0.717) is 24.7 Å². The van der Waals surface area contributed by atoms with Gasteiger partial charge in [-0.1, -0.05) is 0 Å². The Morgan fingerprint density at radius 3 is 2.44 bits per heavy atom. The van der Waals surface area contributed by atoms with Crippen LogP contribution < -0.4 is 10.2 Å². The first-order valence-electron chi connectivity index (χ1n) is 8.95. The smallest absolute Gasteiger partial charge is 0.272 e. The minimum atomic E-state index is -0.0696. The highest BCUT2D eigenvalue weighted by atomic mass is 16.2. The molecule has 25 heavy (non-hydrogen) atoms. The maximum atomic E-state index is 12.4. The van der Waals surface area contributed by atoms with E-state index in [1.165, 1.54) is 18.5 Å². The predicted molar refractivity (Wildman–Crippen MR) is 100 cm³/mol. The van der Waals surface area contributed by atoms with Crippen molar-refractivity contribution in [2.75, 3.05) is 36.4 Å². The zero-order valence-corrected chi connectivity index (χ0v) is 14.9. The highest BCUT2D eigenvalue weighted by Gasteiger charge is 2.15. The second-order valence-electron chi connectivity index (χ2n) is 6.11. The first-order valence-corrected chi connectivity index (χ1v) is 8.95. The lowest BCUT2D eigenvalue weighted by Gasteiger charge is -2.18. The molecule has 0 bridgehead atoms. The van der Waals surface area contributed by atoms with Crippen LogP contribution in [0.25, 0.3) is 0 Å². The first kappa shape index (κ1) is 17.2. The van der Waals surface area contributed by atoms with Gasteiger partial charge in [-0.15, -0.1) is 0 Å². The van der Waals surface area contributed by atoms with Crippen molar-refractivity contribution in [3.8, 4) is 0 Å². The number of benzene rings is 1. The van der Waals surface area contributed by atoms with Crippen molar-refractivity contribution >= 4 is 23.2 Å². The van der Waals surface area contributed by atoms with Gasteiger partial charge in [0.15, 0.2) is 0 Å². The molecule has 0 radical (unpaired) electrons. The molecule has 0 atom stereocenters. The zero-order chi connectivity index (χ0) is 17.6. The Morgan fingerprint density at radius 1 is 1.12 bits per heavy atom. The van der Waals surface area contributed by atoms with Crippen molar-refractivity contribution in [2.45, 2.75) is 26.7 Å². The van der Waals surface area contributed by atoms with Crippen LogP contribution in [-0.4, -0.2) is 47.0 Å². The number of carbonyl (C=O) groups is 1. The number of anilines is 3. The zero-order valence-electron chi connectivity index (χ0n) is 14.9. The molecule has 1 N–H and O–H groups in total. The number of hydrogen-bond donors (Lipinski definition) is 1.